The molecule has 27 heavy (non-hydrogen) atoms. The molecule has 0 aliphatic rings. The Labute approximate surface area is 151 Å². The van der Waals surface area contributed by atoms with Gasteiger partial charge in [0.05, 0.1) is 16.7 Å². The van der Waals surface area contributed by atoms with Crippen LogP contribution in [0.25, 0.3) is 11.1 Å². The van der Waals surface area contributed by atoms with Crippen LogP contribution in [0.3, 0.4) is 0 Å². The second-order valence-electron chi connectivity index (χ2n) is 7.09. The normalized spacial score (nSPS) is 12.9. The number of rotatable bonds is 2. The van der Waals surface area contributed by atoms with Crippen LogP contribution in [0, 0.1) is 0 Å². The number of hydrogen-bond acceptors (Lipinski definition) is 2. The van der Waals surface area contributed by atoms with Gasteiger partial charge in [-0.15, -0.1) is 0 Å². The van der Waals surface area contributed by atoms with Crippen molar-refractivity contribution >= 4 is 6.29 Å². The average molecular weight is 390 g/mol. The number of benzene rings is 2. The minimum Gasteiger partial charge on any atom is -0.507 e. The lowest BCUT2D eigenvalue weighted by Crippen LogP contribution is -2.14. The van der Waals surface area contributed by atoms with E-state index in [0.29, 0.717) is 17.7 Å². The fourth-order valence-electron chi connectivity index (χ4n) is 2.58. The first-order valence-corrected chi connectivity index (χ1v) is 7.77. The summed E-state index contributed by atoms with van der Waals surface area (Å²) in [6, 6.07) is 3.75. The number of aromatic hydroxyl groups is 1. The minimum atomic E-state index is -5.10. The van der Waals surface area contributed by atoms with Crippen molar-refractivity contribution in [3.63, 3.8) is 0 Å². The number of alkyl halides is 6. The molecule has 0 aliphatic heterocycles. The highest BCUT2D eigenvalue weighted by Gasteiger charge is 2.39. The van der Waals surface area contributed by atoms with Crippen LogP contribution in [0.2, 0.25) is 0 Å². The van der Waals surface area contributed by atoms with Crippen LogP contribution in [0.15, 0.2) is 30.3 Å². The average Bonchev–Trinajstić information content (AvgIpc) is 2.51. The van der Waals surface area contributed by atoms with Gasteiger partial charge in [-0.2, -0.15) is 26.3 Å². The van der Waals surface area contributed by atoms with Crippen LogP contribution in [0.4, 0.5) is 26.3 Å². The lowest BCUT2D eigenvalue weighted by Gasteiger charge is -2.23. The third-order valence-corrected chi connectivity index (χ3v) is 4.07. The summed E-state index contributed by atoms with van der Waals surface area (Å²) in [5.74, 6) is -0.719. The Hall–Kier alpha value is -2.51. The van der Waals surface area contributed by atoms with E-state index in [0.717, 1.165) is 0 Å². The van der Waals surface area contributed by atoms with Crippen LogP contribution in [0.1, 0.15) is 47.8 Å². The molecule has 0 heterocycles. The Morgan fingerprint density at radius 1 is 0.815 bits per heavy atom. The van der Waals surface area contributed by atoms with Crippen molar-refractivity contribution in [1.29, 1.82) is 0 Å². The zero-order valence-corrected chi connectivity index (χ0v) is 14.6. The van der Waals surface area contributed by atoms with E-state index in [9.17, 15) is 36.2 Å². The Kier molecular flexibility index (Phi) is 5.07. The molecule has 0 saturated carbocycles. The number of phenols is 1. The van der Waals surface area contributed by atoms with Gasteiger partial charge in [-0.25, -0.2) is 0 Å². The summed E-state index contributed by atoms with van der Waals surface area (Å²) in [5, 5.41) is 10.2. The monoisotopic (exact) mass is 390 g/mol. The maximum Gasteiger partial charge on any atom is 0.417 e. The molecule has 0 bridgehead atoms. The van der Waals surface area contributed by atoms with Gasteiger partial charge in [0.15, 0.2) is 6.29 Å². The van der Waals surface area contributed by atoms with Crippen molar-refractivity contribution in [2.45, 2.75) is 38.5 Å². The van der Waals surface area contributed by atoms with Crippen molar-refractivity contribution in [2.24, 2.45) is 0 Å². The quantitative estimate of drug-likeness (QED) is 0.489. The molecule has 146 valence electrons. The molecule has 0 atom stereocenters. The van der Waals surface area contributed by atoms with E-state index in [1.807, 2.05) is 0 Å². The summed E-state index contributed by atoms with van der Waals surface area (Å²) in [7, 11) is 0. The number of carbonyl (C=O) groups is 1. The van der Waals surface area contributed by atoms with E-state index in [2.05, 4.69) is 0 Å². The highest BCUT2D eigenvalue weighted by Crippen LogP contribution is 2.44. The van der Waals surface area contributed by atoms with Crippen LogP contribution >= 0.6 is 0 Å². The van der Waals surface area contributed by atoms with Crippen molar-refractivity contribution in [3.05, 3.63) is 52.6 Å². The molecule has 0 fully saturated rings. The highest BCUT2D eigenvalue weighted by atomic mass is 19.4. The predicted molar refractivity (Wildman–Crippen MR) is 87.6 cm³/mol. The van der Waals surface area contributed by atoms with Crippen LogP contribution in [0.5, 0.6) is 5.75 Å². The van der Waals surface area contributed by atoms with Gasteiger partial charge in [0.1, 0.15) is 5.75 Å². The Morgan fingerprint density at radius 2 is 1.41 bits per heavy atom. The lowest BCUT2D eigenvalue weighted by molar-refractivity contribution is -0.142. The van der Waals surface area contributed by atoms with Gasteiger partial charge >= 0.3 is 12.4 Å². The zero-order chi connectivity index (χ0) is 20.8. The molecule has 0 radical (unpaired) electrons. The SMILES string of the molecule is CC(C)(C)c1cc(C=O)c(O)c(-c2ccc(C(F)(F)F)cc2C(F)(F)F)c1. The highest BCUT2D eigenvalue weighted by molar-refractivity contribution is 5.87. The van der Waals surface area contributed by atoms with Crippen LogP contribution in [-0.2, 0) is 17.8 Å². The molecule has 0 aromatic heterocycles. The standard InChI is InChI=1S/C19H16F6O2/c1-17(2,3)12-6-10(9-26)16(27)14(7-12)13-5-4-11(18(20,21)22)8-15(13)19(23,24)25/h4-9,27H,1-3H3. The summed E-state index contributed by atoms with van der Waals surface area (Å²) in [5.41, 5.74) is -4.37. The molecule has 0 aliphatic carbocycles. The first-order chi connectivity index (χ1) is 12.2. The molecular formula is C19H16F6O2. The lowest BCUT2D eigenvalue weighted by atomic mass is 9.83. The van der Waals surface area contributed by atoms with E-state index in [-0.39, 0.29) is 23.5 Å². The third-order valence-electron chi connectivity index (χ3n) is 4.07. The van der Waals surface area contributed by atoms with E-state index in [1.165, 1.54) is 12.1 Å². The maximum absolute atomic E-state index is 13.4. The molecule has 0 spiro atoms. The number of phenolic OH excluding ortho intramolecular Hbond substituents is 1. The zero-order valence-electron chi connectivity index (χ0n) is 14.6. The summed E-state index contributed by atoms with van der Waals surface area (Å²) >= 11 is 0. The first-order valence-electron chi connectivity index (χ1n) is 7.77. The van der Waals surface area contributed by atoms with Gasteiger partial charge in [0, 0.05) is 5.56 Å². The second-order valence-corrected chi connectivity index (χ2v) is 7.09. The van der Waals surface area contributed by atoms with Gasteiger partial charge < -0.3 is 5.11 Å². The van der Waals surface area contributed by atoms with Crippen molar-refractivity contribution < 1.29 is 36.2 Å². The minimum absolute atomic E-state index is 0.000874. The second kappa shape index (κ2) is 6.58. The molecule has 2 rings (SSSR count). The van der Waals surface area contributed by atoms with E-state index < -0.39 is 40.2 Å². The third kappa shape index (κ3) is 4.26. The van der Waals surface area contributed by atoms with Crippen molar-refractivity contribution in [2.75, 3.05) is 0 Å². The van der Waals surface area contributed by atoms with Gasteiger partial charge in [-0.05, 0) is 40.8 Å². The number of carbonyl (C=O) groups excluding carboxylic acids is 1. The summed E-state index contributed by atoms with van der Waals surface area (Å²) in [4.78, 5) is 11.2. The van der Waals surface area contributed by atoms with E-state index >= 15 is 0 Å². The summed E-state index contributed by atoms with van der Waals surface area (Å²) < 4.78 is 78.8. The molecule has 0 amide bonds. The fraction of sp³-hybridized carbons (Fsp3) is 0.316. The number of aldehydes is 1. The van der Waals surface area contributed by atoms with Crippen LogP contribution < -0.4 is 0 Å². The molecule has 2 nitrogen and oxygen atoms in total. The smallest absolute Gasteiger partial charge is 0.417 e. The maximum atomic E-state index is 13.4. The first kappa shape index (κ1) is 20.8. The Morgan fingerprint density at radius 3 is 1.85 bits per heavy atom. The number of hydrogen-bond donors (Lipinski definition) is 1. The van der Waals surface area contributed by atoms with Gasteiger partial charge in [0.25, 0.3) is 0 Å². The molecule has 2 aromatic carbocycles. The molecule has 0 unspecified atom stereocenters. The van der Waals surface area contributed by atoms with Crippen molar-refractivity contribution in [3.8, 4) is 16.9 Å². The number of halogens is 6. The van der Waals surface area contributed by atoms with E-state index in [1.54, 1.807) is 20.8 Å². The molecule has 0 saturated heterocycles. The van der Waals surface area contributed by atoms with Gasteiger partial charge in [-0.1, -0.05) is 26.8 Å². The van der Waals surface area contributed by atoms with Gasteiger partial charge in [0.2, 0.25) is 0 Å². The fourth-order valence-corrected chi connectivity index (χ4v) is 2.58. The Balaban J connectivity index is 2.87. The van der Waals surface area contributed by atoms with Gasteiger partial charge in [-0.3, -0.25) is 4.79 Å². The van der Waals surface area contributed by atoms with Crippen molar-refractivity contribution in [1.82, 2.24) is 0 Å². The largest absolute Gasteiger partial charge is 0.507 e. The Bertz CT molecular complexity index is 873. The van der Waals surface area contributed by atoms with Crippen LogP contribution in [-0.4, -0.2) is 11.4 Å². The predicted octanol–water partition coefficient (Wildman–Crippen LogP) is 6.21. The van der Waals surface area contributed by atoms with E-state index in [4.69, 9.17) is 0 Å². The molecular weight excluding hydrogens is 374 g/mol. The molecule has 2 aromatic rings. The molecule has 8 heteroatoms. The summed E-state index contributed by atoms with van der Waals surface area (Å²) in [6.45, 7) is 5.24. The molecule has 1 N–H and O–H groups in total. The topological polar surface area (TPSA) is 37.3 Å². The summed E-state index contributed by atoms with van der Waals surface area (Å²) in [6.07, 6.45) is -9.77.